The summed E-state index contributed by atoms with van der Waals surface area (Å²) < 4.78 is 12.0. The minimum absolute atomic E-state index is 0.614. The van der Waals surface area contributed by atoms with Crippen molar-refractivity contribution in [3.8, 4) is 0 Å². The average Bonchev–Trinajstić information content (AvgIpc) is 2.48. The van der Waals surface area contributed by atoms with Crippen molar-refractivity contribution in [2.24, 2.45) is 4.99 Å². The predicted octanol–water partition coefficient (Wildman–Crippen LogP) is 1.85. The Morgan fingerprint density at radius 2 is 2.05 bits per heavy atom. The fourth-order valence-corrected chi connectivity index (χ4v) is 3.02. The van der Waals surface area contributed by atoms with E-state index in [9.17, 15) is 4.21 Å². The molecule has 1 rings (SSSR count). The first-order valence-electron chi connectivity index (χ1n) is 7.16. The summed E-state index contributed by atoms with van der Waals surface area (Å²) in [6, 6.07) is 9.96. The van der Waals surface area contributed by atoms with E-state index < -0.39 is 10.8 Å². The van der Waals surface area contributed by atoms with Crippen molar-refractivity contribution in [1.82, 2.24) is 10.6 Å². The molecule has 2 N–H and O–H groups in total. The van der Waals surface area contributed by atoms with E-state index in [0.717, 1.165) is 30.4 Å². The number of hydrogen-bond donors (Lipinski definition) is 2. The van der Waals surface area contributed by atoms with Crippen molar-refractivity contribution in [1.29, 1.82) is 0 Å². The maximum Gasteiger partial charge on any atom is 0.191 e. The molecule has 1 atom stereocenters. The summed E-state index contributed by atoms with van der Waals surface area (Å²) in [6.45, 7) is 4.34. The van der Waals surface area contributed by atoms with Gasteiger partial charge < -0.3 is 10.6 Å². The maximum atomic E-state index is 12.0. The molecule has 0 spiro atoms. The molecule has 4 nitrogen and oxygen atoms in total. The molecular weight excluding hydrogens is 302 g/mol. The second-order valence-corrected chi connectivity index (χ2v) is 7.02. The van der Waals surface area contributed by atoms with Crippen LogP contribution < -0.4 is 10.6 Å². The maximum absolute atomic E-state index is 12.0. The van der Waals surface area contributed by atoms with E-state index >= 15 is 0 Å². The number of nitrogens with zero attached hydrogens (tertiary/aromatic N) is 1. The molecule has 1 aromatic carbocycles. The van der Waals surface area contributed by atoms with Gasteiger partial charge in [-0.2, -0.15) is 11.8 Å². The van der Waals surface area contributed by atoms with Gasteiger partial charge in [0.1, 0.15) is 0 Å². The first-order valence-corrected chi connectivity index (χ1v) is 10.0. The average molecular weight is 328 g/mol. The summed E-state index contributed by atoms with van der Waals surface area (Å²) in [5, 5.41) is 6.43. The fourth-order valence-electron chi connectivity index (χ4n) is 1.71. The first-order chi connectivity index (χ1) is 10.3. The topological polar surface area (TPSA) is 53.5 Å². The molecule has 1 aromatic rings. The number of hydrogen-bond acceptors (Lipinski definition) is 3. The molecular formula is C15H25N3OS2. The van der Waals surface area contributed by atoms with Gasteiger partial charge >= 0.3 is 0 Å². The molecule has 118 valence electrons. The monoisotopic (exact) mass is 327 g/mol. The molecule has 0 saturated carbocycles. The molecule has 1 unspecified atom stereocenters. The minimum Gasteiger partial charge on any atom is -0.357 e. The summed E-state index contributed by atoms with van der Waals surface area (Å²) in [5.74, 6) is 3.06. The quantitative estimate of drug-likeness (QED) is 0.413. The van der Waals surface area contributed by atoms with Crippen LogP contribution in [-0.4, -0.2) is 47.6 Å². The highest BCUT2D eigenvalue weighted by Gasteiger charge is 2.02. The SMILES string of the molecule is CCNC(=NCCSC)NCCS(=O)Cc1ccccc1. The summed E-state index contributed by atoms with van der Waals surface area (Å²) in [4.78, 5) is 4.46. The van der Waals surface area contributed by atoms with Crippen LogP contribution in [0.25, 0.3) is 0 Å². The van der Waals surface area contributed by atoms with Gasteiger partial charge in [0.05, 0.1) is 6.54 Å². The number of aliphatic imine (C=N–C) groups is 1. The summed E-state index contributed by atoms with van der Waals surface area (Å²) in [6.07, 6.45) is 2.07. The van der Waals surface area contributed by atoms with Gasteiger partial charge in [-0.1, -0.05) is 30.3 Å². The van der Waals surface area contributed by atoms with E-state index in [-0.39, 0.29) is 0 Å². The third-order valence-corrected chi connectivity index (χ3v) is 4.61. The van der Waals surface area contributed by atoms with Crippen LogP contribution in [0.1, 0.15) is 12.5 Å². The highest BCUT2D eigenvalue weighted by atomic mass is 32.2. The zero-order chi connectivity index (χ0) is 15.3. The fraction of sp³-hybridized carbons (Fsp3) is 0.533. The molecule has 0 heterocycles. The van der Waals surface area contributed by atoms with E-state index in [0.29, 0.717) is 18.1 Å². The Balaban J connectivity index is 2.29. The highest BCUT2D eigenvalue weighted by Crippen LogP contribution is 2.02. The van der Waals surface area contributed by atoms with Crippen molar-refractivity contribution in [2.75, 3.05) is 37.4 Å². The zero-order valence-electron chi connectivity index (χ0n) is 12.8. The molecule has 0 amide bonds. The van der Waals surface area contributed by atoms with Crippen LogP contribution in [-0.2, 0) is 16.6 Å². The number of nitrogens with one attached hydrogen (secondary N) is 2. The lowest BCUT2D eigenvalue weighted by Gasteiger charge is -2.11. The zero-order valence-corrected chi connectivity index (χ0v) is 14.4. The van der Waals surface area contributed by atoms with Gasteiger partial charge in [-0.05, 0) is 18.7 Å². The lowest BCUT2D eigenvalue weighted by atomic mass is 10.2. The Labute approximate surface area is 134 Å². The Morgan fingerprint density at radius 1 is 1.29 bits per heavy atom. The first kappa shape index (κ1) is 18.0. The van der Waals surface area contributed by atoms with Crippen molar-refractivity contribution < 1.29 is 4.21 Å². The molecule has 0 aliphatic heterocycles. The molecule has 21 heavy (non-hydrogen) atoms. The van der Waals surface area contributed by atoms with Gasteiger partial charge in [0, 0.05) is 41.1 Å². The van der Waals surface area contributed by atoms with Gasteiger partial charge in [0.15, 0.2) is 5.96 Å². The molecule has 0 aromatic heterocycles. The van der Waals surface area contributed by atoms with E-state index in [4.69, 9.17) is 0 Å². The number of rotatable bonds is 9. The van der Waals surface area contributed by atoms with Gasteiger partial charge in [-0.25, -0.2) is 0 Å². The summed E-state index contributed by atoms with van der Waals surface area (Å²) >= 11 is 1.78. The summed E-state index contributed by atoms with van der Waals surface area (Å²) in [5.41, 5.74) is 1.12. The van der Waals surface area contributed by atoms with E-state index in [1.54, 1.807) is 11.8 Å². The van der Waals surface area contributed by atoms with Crippen LogP contribution >= 0.6 is 11.8 Å². The van der Waals surface area contributed by atoms with Crippen molar-refractivity contribution in [3.63, 3.8) is 0 Å². The lowest BCUT2D eigenvalue weighted by molar-refractivity contribution is 0.680. The molecule has 0 aliphatic rings. The van der Waals surface area contributed by atoms with Crippen LogP contribution in [0.15, 0.2) is 35.3 Å². The van der Waals surface area contributed by atoms with Crippen molar-refractivity contribution >= 4 is 28.5 Å². The van der Waals surface area contributed by atoms with Crippen molar-refractivity contribution in [3.05, 3.63) is 35.9 Å². The molecule has 0 saturated heterocycles. The molecule has 0 bridgehead atoms. The lowest BCUT2D eigenvalue weighted by Crippen LogP contribution is -2.39. The highest BCUT2D eigenvalue weighted by molar-refractivity contribution is 7.98. The Kier molecular flexibility index (Phi) is 9.99. The van der Waals surface area contributed by atoms with Gasteiger partial charge in [-0.15, -0.1) is 0 Å². The van der Waals surface area contributed by atoms with E-state index in [2.05, 4.69) is 21.9 Å². The third kappa shape index (κ3) is 8.78. The van der Waals surface area contributed by atoms with Gasteiger partial charge in [-0.3, -0.25) is 9.20 Å². The largest absolute Gasteiger partial charge is 0.357 e. The van der Waals surface area contributed by atoms with E-state index in [1.807, 2.05) is 37.3 Å². The number of guanidine groups is 1. The van der Waals surface area contributed by atoms with E-state index in [1.165, 1.54) is 0 Å². The Hall–Kier alpha value is -1.01. The molecule has 6 heteroatoms. The Morgan fingerprint density at radius 3 is 2.71 bits per heavy atom. The van der Waals surface area contributed by atoms with Crippen LogP contribution in [0.4, 0.5) is 0 Å². The second-order valence-electron chi connectivity index (χ2n) is 4.45. The van der Waals surface area contributed by atoms with Gasteiger partial charge in [0.2, 0.25) is 0 Å². The smallest absolute Gasteiger partial charge is 0.191 e. The van der Waals surface area contributed by atoms with Gasteiger partial charge in [0.25, 0.3) is 0 Å². The Bertz CT molecular complexity index is 438. The number of thioether (sulfide) groups is 1. The van der Waals surface area contributed by atoms with Crippen LogP contribution in [0.2, 0.25) is 0 Å². The number of benzene rings is 1. The van der Waals surface area contributed by atoms with Crippen molar-refractivity contribution in [2.45, 2.75) is 12.7 Å². The van der Waals surface area contributed by atoms with Crippen LogP contribution in [0.3, 0.4) is 0 Å². The standard InChI is InChI=1S/C15H25N3OS2/c1-3-16-15(17-9-11-20-2)18-10-12-21(19)13-14-7-5-4-6-8-14/h4-8H,3,9-13H2,1-2H3,(H2,16,17,18). The normalized spacial score (nSPS) is 13.0. The minimum atomic E-state index is -0.848. The van der Waals surface area contributed by atoms with Crippen LogP contribution in [0.5, 0.6) is 0 Å². The summed E-state index contributed by atoms with van der Waals surface area (Å²) in [7, 11) is -0.848. The predicted molar refractivity (Wildman–Crippen MR) is 95.5 cm³/mol. The molecule has 0 fully saturated rings. The third-order valence-electron chi connectivity index (χ3n) is 2.70. The van der Waals surface area contributed by atoms with Crippen LogP contribution in [0, 0.1) is 0 Å². The second kappa shape index (κ2) is 11.6. The molecule has 0 aliphatic carbocycles. The molecule has 0 radical (unpaired) electrons.